The zero-order valence-corrected chi connectivity index (χ0v) is 10.4. The lowest BCUT2D eigenvalue weighted by atomic mass is 10.2. The van der Waals surface area contributed by atoms with Gasteiger partial charge in [-0.2, -0.15) is 0 Å². The van der Waals surface area contributed by atoms with Gasteiger partial charge in [-0.25, -0.2) is 0 Å². The summed E-state index contributed by atoms with van der Waals surface area (Å²) in [5, 5.41) is 0.801. The molecule has 17 heavy (non-hydrogen) atoms. The number of ketones is 1. The summed E-state index contributed by atoms with van der Waals surface area (Å²) < 4.78 is 21.6. The minimum absolute atomic E-state index is 0.0257. The molecule has 1 atom stereocenters. The lowest BCUT2D eigenvalue weighted by Crippen LogP contribution is -2.08. The molecule has 0 N–H and O–H groups in total. The molecule has 90 valence electrons. The molecule has 0 radical (unpaired) electrons. The molecule has 1 heterocycles. The molecular formula is C12H12O4S. The van der Waals surface area contributed by atoms with Gasteiger partial charge in [0.25, 0.3) is 0 Å². The molecule has 0 aliphatic heterocycles. The van der Waals surface area contributed by atoms with Gasteiger partial charge in [-0.15, -0.1) is 0 Å². The van der Waals surface area contributed by atoms with Crippen molar-refractivity contribution in [3.05, 3.63) is 30.0 Å². The van der Waals surface area contributed by atoms with Crippen LogP contribution in [0.5, 0.6) is 5.75 Å². The van der Waals surface area contributed by atoms with E-state index in [1.54, 1.807) is 19.2 Å². The summed E-state index contributed by atoms with van der Waals surface area (Å²) in [5.41, 5.74) is 0.542. The second-order valence-corrected chi connectivity index (χ2v) is 5.07. The van der Waals surface area contributed by atoms with Crippen LogP contribution < -0.4 is 4.74 Å². The molecule has 0 bridgehead atoms. The lowest BCUT2D eigenvalue weighted by Gasteiger charge is -1.98. The number of hydrogen-bond donors (Lipinski definition) is 0. The molecule has 0 amide bonds. The summed E-state index contributed by atoms with van der Waals surface area (Å²) in [6, 6.07) is 7.06. The van der Waals surface area contributed by atoms with Crippen molar-refractivity contribution in [1.29, 1.82) is 0 Å². The number of fused-ring (bicyclic) bond motifs is 1. The number of benzene rings is 1. The van der Waals surface area contributed by atoms with Crippen LogP contribution in [0, 0.1) is 0 Å². The first kappa shape index (κ1) is 11.9. The highest BCUT2D eigenvalue weighted by Gasteiger charge is 2.15. The second kappa shape index (κ2) is 4.71. The van der Waals surface area contributed by atoms with E-state index in [0.29, 0.717) is 11.3 Å². The van der Waals surface area contributed by atoms with Crippen LogP contribution in [0.3, 0.4) is 0 Å². The molecule has 0 aliphatic carbocycles. The lowest BCUT2D eigenvalue weighted by molar-refractivity contribution is 0.0993. The average molecular weight is 252 g/mol. The van der Waals surface area contributed by atoms with Crippen LogP contribution in [-0.4, -0.2) is 29.1 Å². The predicted molar refractivity (Wildman–Crippen MR) is 66.0 cm³/mol. The zero-order chi connectivity index (χ0) is 12.4. The summed E-state index contributed by atoms with van der Waals surface area (Å²) in [5.74, 6) is 0.519. The molecule has 5 heteroatoms. The topological polar surface area (TPSA) is 56.5 Å². The molecular weight excluding hydrogens is 240 g/mol. The van der Waals surface area contributed by atoms with E-state index >= 15 is 0 Å². The average Bonchev–Trinajstić information content (AvgIpc) is 2.71. The van der Waals surface area contributed by atoms with Gasteiger partial charge in [0, 0.05) is 22.4 Å². The summed E-state index contributed by atoms with van der Waals surface area (Å²) in [6.45, 7) is 0. The van der Waals surface area contributed by atoms with Crippen molar-refractivity contribution in [3.63, 3.8) is 0 Å². The Morgan fingerprint density at radius 3 is 2.88 bits per heavy atom. The van der Waals surface area contributed by atoms with Gasteiger partial charge in [0.15, 0.2) is 17.1 Å². The fourth-order valence-corrected chi connectivity index (χ4v) is 2.10. The first-order valence-electron chi connectivity index (χ1n) is 5.01. The van der Waals surface area contributed by atoms with E-state index in [1.807, 2.05) is 12.1 Å². The number of hydrogen-bond acceptors (Lipinski definition) is 4. The van der Waals surface area contributed by atoms with Crippen LogP contribution in [-0.2, 0) is 10.8 Å². The Morgan fingerprint density at radius 2 is 2.24 bits per heavy atom. The van der Waals surface area contributed by atoms with Crippen molar-refractivity contribution in [2.45, 2.75) is 0 Å². The van der Waals surface area contributed by atoms with Crippen molar-refractivity contribution in [2.24, 2.45) is 0 Å². The maximum absolute atomic E-state index is 11.7. The van der Waals surface area contributed by atoms with Gasteiger partial charge in [0.05, 0.1) is 12.9 Å². The van der Waals surface area contributed by atoms with Crippen molar-refractivity contribution in [3.8, 4) is 5.75 Å². The van der Waals surface area contributed by atoms with Gasteiger partial charge in [-0.3, -0.25) is 9.00 Å². The highest BCUT2D eigenvalue weighted by molar-refractivity contribution is 7.85. The van der Waals surface area contributed by atoms with Crippen molar-refractivity contribution >= 4 is 27.6 Å². The Balaban J connectivity index is 2.44. The number of carbonyl (C=O) groups is 1. The SMILES string of the molecule is COc1cccc2cc(C(=O)CS(C)=O)oc12. The summed E-state index contributed by atoms with van der Waals surface area (Å²) in [4.78, 5) is 11.7. The van der Waals surface area contributed by atoms with E-state index in [1.165, 1.54) is 6.26 Å². The maximum Gasteiger partial charge on any atom is 0.210 e. The Hall–Kier alpha value is -1.62. The van der Waals surface area contributed by atoms with Gasteiger partial charge < -0.3 is 9.15 Å². The molecule has 0 aliphatic rings. The Kier molecular flexibility index (Phi) is 3.28. The van der Waals surface area contributed by atoms with Crippen molar-refractivity contribution in [2.75, 3.05) is 19.1 Å². The zero-order valence-electron chi connectivity index (χ0n) is 9.56. The number of furan rings is 1. The van der Waals surface area contributed by atoms with E-state index in [4.69, 9.17) is 9.15 Å². The molecule has 0 fully saturated rings. The molecule has 1 aromatic carbocycles. The van der Waals surface area contributed by atoms with Gasteiger partial charge in [-0.05, 0) is 12.1 Å². The number of Topliss-reactive ketones (excluding diaryl/α,β-unsaturated/α-hetero) is 1. The Labute approximate surface area is 101 Å². The first-order valence-corrected chi connectivity index (χ1v) is 6.74. The summed E-state index contributed by atoms with van der Waals surface area (Å²) in [6.07, 6.45) is 1.49. The van der Waals surface area contributed by atoms with Crippen molar-refractivity contribution < 1.29 is 18.2 Å². The molecule has 1 unspecified atom stereocenters. The third kappa shape index (κ3) is 2.39. The first-order chi connectivity index (χ1) is 8.11. The smallest absolute Gasteiger partial charge is 0.210 e. The van der Waals surface area contributed by atoms with E-state index in [2.05, 4.69) is 0 Å². The third-order valence-corrected chi connectivity index (χ3v) is 3.01. The van der Waals surface area contributed by atoms with Crippen LogP contribution in [0.2, 0.25) is 0 Å². The largest absolute Gasteiger partial charge is 0.493 e. The molecule has 1 aromatic heterocycles. The number of rotatable bonds is 4. The van der Waals surface area contributed by atoms with Gasteiger partial charge in [0.2, 0.25) is 5.78 Å². The number of para-hydroxylation sites is 1. The second-order valence-electron chi connectivity index (χ2n) is 3.63. The Bertz CT molecular complexity index is 585. The molecule has 0 spiro atoms. The fourth-order valence-electron chi connectivity index (χ4n) is 1.59. The number of carbonyl (C=O) groups excluding carboxylic acids is 1. The van der Waals surface area contributed by atoms with E-state index < -0.39 is 10.8 Å². The normalized spacial score (nSPS) is 12.6. The van der Waals surface area contributed by atoms with Gasteiger partial charge >= 0.3 is 0 Å². The standard InChI is InChI=1S/C12H12O4S/c1-15-10-5-3-4-8-6-11(16-12(8)10)9(13)7-17(2)14/h3-6H,7H2,1-2H3. The molecule has 2 rings (SSSR count). The van der Waals surface area contributed by atoms with Crippen molar-refractivity contribution in [1.82, 2.24) is 0 Å². The minimum atomic E-state index is -1.17. The van der Waals surface area contributed by atoms with E-state index in [9.17, 15) is 9.00 Å². The van der Waals surface area contributed by atoms with Gasteiger partial charge in [0.1, 0.15) is 0 Å². The maximum atomic E-state index is 11.7. The van der Waals surface area contributed by atoms with Crippen LogP contribution in [0.25, 0.3) is 11.0 Å². The fraction of sp³-hybridized carbons (Fsp3) is 0.250. The molecule has 0 saturated heterocycles. The van der Waals surface area contributed by atoms with Crippen LogP contribution in [0.1, 0.15) is 10.6 Å². The molecule has 2 aromatic rings. The number of ether oxygens (including phenoxy) is 1. The third-order valence-electron chi connectivity index (χ3n) is 2.34. The van der Waals surface area contributed by atoms with E-state index in [0.717, 1.165) is 5.39 Å². The van der Waals surface area contributed by atoms with Gasteiger partial charge in [-0.1, -0.05) is 12.1 Å². The Morgan fingerprint density at radius 1 is 1.47 bits per heavy atom. The van der Waals surface area contributed by atoms with Crippen LogP contribution in [0.4, 0.5) is 0 Å². The quantitative estimate of drug-likeness (QED) is 0.781. The molecule has 4 nitrogen and oxygen atoms in total. The molecule has 0 saturated carbocycles. The highest BCUT2D eigenvalue weighted by Crippen LogP contribution is 2.28. The monoisotopic (exact) mass is 252 g/mol. The van der Waals surface area contributed by atoms with Crippen LogP contribution in [0.15, 0.2) is 28.7 Å². The minimum Gasteiger partial charge on any atom is -0.493 e. The summed E-state index contributed by atoms with van der Waals surface area (Å²) in [7, 11) is 0.376. The van der Waals surface area contributed by atoms with E-state index in [-0.39, 0.29) is 17.3 Å². The highest BCUT2D eigenvalue weighted by atomic mass is 32.2. The summed E-state index contributed by atoms with van der Waals surface area (Å²) >= 11 is 0. The number of methoxy groups -OCH3 is 1. The predicted octanol–water partition coefficient (Wildman–Crippen LogP) is 2.00. The van der Waals surface area contributed by atoms with Crippen LogP contribution >= 0.6 is 0 Å².